The highest BCUT2D eigenvalue weighted by Gasteiger charge is 2.28. The predicted octanol–water partition coefficient (Wildman–Crippen LogP) is 5.02. The summed E-state index contributed by atoms with van der Waals surface area (Å²) < 4.78 is 5.26. The molecule has 2 aromatic rings. The quantitative estimate of drug-likeness (QED) is 0.457. The third-order valence-electron chi connectivity index (χ3n) is 4.64. The minimum Gasteiger partial charge on any atom is -0.462 e. The molecule has 1 aromatic carbocycles. The molecule has 0 atom stereocenters. The largest absolute Gasteiger partial charge is 0.462 e. The van der Waals surface area contributed by atoms with Crippen LogP contribution in [0.15, 0.2) is 29.2 Å². The molecule has 8 heteroatoms. The first kappa shape index (κ1) is 24.7. The fraction of sp³-hybridized carbons (Fsp3) is 0.455. The highest BCUT2D eigenvalue weighted by Crippen LogP contribution is 2.37. The van der Waals surface area contributed by atoms with Gasteiger partial charge < -0.3 is 15.0 Å². The molecule has 1 aromatic heterocycles. The molecule has 1 N–H and O–H groups in total. The van der Waals surface area contributed by atoms with E-state index in [4.69, 9.17) is 4.74 Å². The molecule has 0 saturated carbocycles. The van der Waals surface area contributed by atoms with Crippen LogP contribution >= 0.6 is 35.5 Å². The van der Waals surface area contributed by atoms with Crippen molar-refractivity contribution in [3.63, 3.8) is 0 Å². The Balaban J connectivity index is 0.00000320. The highest BCUT2D eigenvalue weighted by molar-refractivity contribution is 7.99. The van der Waals surface area contributed by atoms with Crippen molar-refractivity contribution in [3.8, 4) is 0 Å². The first-order valence-corrected chi connectivity index (χ1v) is 11.6. The van der Waals surface area contributed by atoms with Crippen molar-refractivity contribution < 1.29 is 14.3 Å². The van der Waals surface area contributed by atoms with Crippen LogP contribution in [0.5, 0.6) is 0 Å². The van der Waals surface area contributed by atoms with Crippen LogP contribution in [0.4, 0.5) is 5.00 Å². The zero-order chi connectivity index (χ0) is 21.0. The lowest BCUT2D eigenvalue weighted by Crippen LogP contribution is -2.26. The Kier molecular flexibility index (Phi) is 9.22. The summed E-state index contributed by atoms with van der Waals surface area (Å²) in [6.45, 7) is 8.11. The van der Waals surface area contributed by atoms with Crippen LogP contribution < -0.4 is 5.32 Å². The molecule has 0 fully saturated rings. The molecule has 1 aliphatic rings. The zero-order valence-corrected chi connectivity index (χ0v) is 20.3. The van der Waals surface area contributed by atoms with Crippen LogP contribution in [0, 0.1) is 0 Å². The molecular weight excluding hydrogens is 440 g/mol. The van der Waals surface area contributed by atoms with E-state index in [1.165, 1.54) is 16.2 Å². The Morgan fingerprint density at radius 3 is 2.60 bits per heavy atom. The Morgan fingerprint density at radius 1 is 1.27 bits per heavy atom. The SMILES string of the molecule is CCOC(=O)c1c(NC(=O)Cc2ccc(SC(C)C)cc2)sc2c1CCN(C)C2.Cl. The van der Waals surface area contributed by atoms with Crippen LogP contribution in [0.25, 0.3) is 0 Å². The first-order chi connectivity index (χ1) is 13.9. The molecule has 0 bridgehead atoms. The number of ether oxygens (including phenoxy) is 1. The molecule has 0 unspecified atom stereocenters. The molecule has 0 spiro atoms. The third kappa shape index (κ3) is 6.23. The van der Waals surface area contributed by atoms with Gasteiger partial charge in [0.2, 0.25) is 5.91 Å². The Labute approximate surface area is 193 Å². The smallest absolute Gasteiger partial charge is 0.341 e. The van der Waals surface area contributed by atoms with Gasteiger partial charge in [-0.15, -0.1) is 35.5 Å². The number of thioether (sulfide) groups is 1. The van der Waals surface area contributed by atoms with E-state index in [1.807, 2.05) is 12.1 Å². The second-order valence-corrected chi connectivity index (χ2v) is 10.2. The number of nitrogens with zero attached hydrogens (tertiary/aromatic N) is 1. The lowest BCUT2D eigenvalue weighted by molar-refractivity contribution is -0.115. The summed E-state index contributed by atoms with van der Waals surface area (Å²) in [5.74, 6) is -0.466. The van der Waals surface area contributed by atoms with Crippen LogP contribution in [0.2, 0.25) is 0 Å². The number of rotatable bonds is 7. The number of likely N-dealkylation sites (N-methyl/N-ethyl adjacent to an activating group) is 1. The summed E-state index contributed by atoms with van der Waals surface area (Å²) in [5.41, 5.74) is 2.52. The molecule has 3 rings (SSSR count). The van der Waals surface area contributed by atoms with E-state index in [0.29, 0.717) is 22.4 Å². The topological polar surface area (TPSA) is 58.6 Å². The molecule has 0 saturated heterocycles. The monoisotopic (exact) mass is 468 g/mol. The van der Waals surface area contributed by atoms with E-state index in [2.05, 4.69) is 43.2 Å². The van der Waals surface area contributed by atoms with Gasteiger partial charge in [-0.05, 0) is 43.7 Å². The summed E-state index contributed by atoms with van der Waals surface area (Å²) in [5, 5.41) is 4.11. The Morgan fingerprint density at radius 2 is 1.97 bits per heavy atom. The number of halogens is 1. The summed E-state index contributed by atoms with van der Waals surface area (Å²) in [4.78, 5) is 29.8. The van der Waals surface area contributed by atoms with Gasteiger partial charge in [0.1, 0.15) is 5.00 Å². The number of esters is 1. The van der Waals surface area contributed by atoms with Crippen LogP contribution in [0.3, 0.4) is 0 Å². The van der Waals surface area contributed by atoms with E-state index in [-0.39, 0.29) is 30.7 Å². The number of nitrogens with one attached hydrogen (secondary N) is 1. The number of thiophene rings is 1. The van der Waals surface area contributed by atoms with Gasteiger partial charge in [-0.25, -0.2) is 4.79 Å². The van der Waals surface area contributed by atoms with Crippen molar-refractivity contribution in [1.29, 1.82) is 0 Å². The van der Waals surface area contributed by atoms with Crippen molar-refractivity contribution in [1.82, 2.24) is 4.90 Å². The van der Waals surface area contributed by atoms with Gasteiger partial charge >= 0.3 is 5.97 Å². The molecule has 1 amide bonds. The molecule has 30 heavy (non-hydrogen) atoms. The third-order valence-corrected chi connectivity index (χ3v) is 6.79. The number of anilines is 1. The van der Waals surface area contributed by atoms with Crippen molar-refractivity contribution in [3.05, 3.63) is 45.8 Å². The average molecular weight is 469 g/mol. The maximum atomic E-state index is 12.7. The lowest BCUT2D eigenvalue weighted by Gasteiger charge is -2.22. The fourth-order valence-electron chi connectivity index (χ4n) is 3.35. The van der Waals surface area contributed by atoms with Gasteiger partial charge in [0, 0.05) is 28.1 Å². The van der Waals surface area contributed by atoms with Gasteiger partial charge in [0.05, 0.1) is 18.6 Å². The average Bonchev–Trinajstić information content (AvgIpc) is 2.99. The Bertz CT molecular complexity index is 881. The maximum absolute atomic E-state index is 12.7. The van der Waals surface area contributed by atoms with E-state index in [0.717, 1.165) is 35.5 Å². The first-order valence-electron chi connectivity index (χ1n) is 9.93. The van der Waals surface area contributed by atoms with Gasteiger partial charge in [0.15, 0.2) is 0 Å². The van der Waals surface area contributed by atoms with Gasteiger partial charge in [0.25, 0.3) is 0 Å². The molecule has 5 nitrogen and oxygen atoms in total. The van der Waals surface area contributed by atoms with E-state index in [9.17, 15) is 9.59 Å². The van der Waals surface area contributed by atoms with E-state index in [1.54, 1.807) is 18.7 Å². The summed E-state index contributed by atoms with van der Waals surface area (Å²) in [6, 6.07) is 8.09. The van der Waals surface area contributed by atoms with E-state index < -0.39 is 0 Å². The summed E-state index contributed by atoms with van der Waals surface area (Å²) in [6.07, 6.45) is 1.07. The Hall–Kier alpha value is -1.54. The van der Waals surface area contributed by atoms with Crippen LogP contribution in [-0.4, -0.2) is 42.2 Å². The second kappa shape index (κ2) is 11.2. The number of hydrogen-bond acceptors (Lipinski definition) is 6. The zero-order valence-electron chi connectivity index (χ0n) is 17.8. The highest BCUT2D eigenvalue weighted by atomic mass is 35.5. The van der Waals surface area contributed by atoms with Crippen LogP contribution in [0.1, 0.15) is 47.1 Å². The lowest BCUT2D eigenvalue weighted by atomic mass is 10.0. The van der Waals surface area contributed by atoms with Crippen molar-refractivity contribution in [2.75, 3.05) is 25.5 Å². The molecular formula is C22H29ClN2O3S2. The number of hydrogen-bond donors (Lipinski definition) is 1. The maximum Gasteiger partial charge on any atom is 0.341 e. The summed E-state index contributed by atoms with van der Waals surface area (Å²) in [7, 11) is 2.06. The van der Waals surface area contributed by atoms with Crippen molar-refractivity contribution >= 4 is 52.4 Å². The van der Waals surface area contributed by atoms with E-state index >= 15 is 0 Å². The van der Waals surface area contributed by atoms with Crippen molar-refractivity contribution in [2.45, 2.75) is 50.3 Å². The number of carbonyl (C=O) groups is 2. The van der Waals surface area contributed by atoms with Gasteiger partial charge in [-0.2, -0.15) is 0 Å². The predicted molar refractivity (Wildman–Crippen MR) is 127 cm³/mol. The minimum absolute atomic E-state index is 0. The minimum atomic E-state index is -0.347. The number of benzene rings is 1. The van der Waals surface area contributed by atoms with Gasteiger partial charge in [-0.1, -0.05) is 26.0 Å². The molecule has 2 heterocycles. The standard InChI is InChI=1S/C22H28N2O3S2.ClH/c1-5-27-22(26)20-17-10-11-24(4)13-18(17)29-21(20)23-19(25)12-15-6-8-16(9-7-15)28-14(2)3;/h6-9,14H,5,10-13H2,1-4H3,(H,23,25);1H. The number of amides is 1. The number of fused-ring (bicyclic) bond motifs is 1. The van der Waals surface area contributed by atoms with Crippen molar-refractivity contribution in [2.24, 2.45) is 0 Å². The second-order valence-electron chi connectivity index (χ2n) is 7.45. The van der Waals surface area contributed by atoms with Crippen LogP contribution in [-0.2, 0) is 28.9 Å². The molecule has 0 radical (unpaired) electrons. The molecule has 1 aliphatic heterocycles. The normalized spacial score (nSPS) is 13.5. The fourth-order valence-corrected chi connectivity index (χ4v) is 5.52. The number of carbonyl (C=O) groups excluding carboxylic acids is 2. The molecule has 164 valence electrons. The molecule has 0 aliphatic carbocycles. The van der Waals surface area contributed by atoms with Gasteiger partial charge in [-0.3, -0.25) is 4.79 Å². The summed E-state index contributed by atoms with van der Waals surface area (Å²) >= 11 is 3.29.